The van der Waals surface area contributed by atoms with Crippen LogP contribution < -0.4 is 14.8 Å². The molecule has 0 aliphatic carbocycles. The van der Waals surface area contributed by atoms with Crippen molar-refractivity contribution >= 4 is 28.2 Å². The van der Waals surface area contributed by atoms with Gasteiger partial charge in [0.2, 0.25) is 0 Å². The number of anilines is 1. The van der Waals surface area contributed by atoms with Gasteiger partial charge in [0.05, 0.1) is 36.4 Å². The number of rotatable bonds is 5. The van der Waals surface area contributed by atoms with Crippen molar-refractivity contribution < 1.29 is 19.2 Å². The van der Waals surface area contributed by atoms with Gasteiger partial charge in [0.15, 0.2) is 11.5 Å². The van der Waals surface area contributed by atoms with Crippen molar-refractivity contribution in [2.24, 2.45) is 0 Å². The van der Waals surface area contributed by atoms with Crippen LogP contribution in [0.1, 0.15) is 10.4 Å². The lowest BCUT2D eigenvalue weighted by Gasteiger charge is -2.11. The second-order valence-electron chi connectivity index (χ2n) is 5.32. The zero-order chi connectivity index (χ0) is 18.7. The fraction of sp³-hybridized carbons (Fsp3) is 0.111. The van der Waals surface area contributed by atoms with Gasteiger partial charge in [-0.15, -0.1) is 0 Å². The summed E-state index contributed by atoms with van der Waals surface area (Å²) in [7, 11) is 2.75. The van der Waals surface area contributed by atoms with Crippen molar-refractivity contribution in [1.82, 2.24) is 4.98 Å². The van der Waals surface area contributed by atoms with Crippen molar-refractivity contribution in [1.29, 1.82) is 0 Å². The number of nitrogens with one attached hydrogen (secondary N) is 1. The Morgan fingerprint density at radius 1 is 1.12 bits per heavy atom. The van der Waals surface area contributed by atoms with Gasteiger partial charge in [0.25, 0.3) is 11.6 Å². The molecule has 0 saturated heterocycles. The molecule has 0 radical (unpaired) electrons. The van der Waals surface area contributed by atoms with Crippen LogP contribution in [0, 0.1) is 10.1 Å². The Morgan fingerprint density at radius 3 is 2.50 bits per heavy atom. The number of pyridine rings is 1. The summed E-state index contributed by atoms with van der Waals surface area (Å²) in [5.41, 5.74) is 0.526. The number of benzene rings is 2. The second-order valence-corrected chi connectivity index (χ2v) is 5.32. The maximum absolute atomic E-state index is 12.7. The molecule has 3 aromatic rings. The third-order valence-corrected chi connectivity index (χ3v) is 3.82. The Morgan fingerprint density at radius 2 is 1.81 bits per heavy atom. The van der Waals surface area contributed by atoms with E-state index in [9.17, 15) is 14.9 Å². The maximum Gasteiger partial charge on any atom is 0.286 e. The molecule has 1 aromatic heterocycles. The summed E-state index contributed by atoms with van der Waals surface area (Å²) in [4.78, 5) is 27.7. The fourth-order valence-electron chi connectivity index (χ4n) is 2.60. The van der Waals surface area contributed by atoms with Crippen molar-refractivity contribution in [2.75, 3.05) is 19.5 Å². The first-order chi connectivity index (χ1) is 12.5. The number of ether oxygens (including phenoxy) is 2. The van der Waals surface area contributed by atoms with Gasteiger partial charge in [0, 0.05) is 17.6 Å². The summed E-state index contributed by atoms with van der Waals surface area (Å²) in [5, 5.41) is 14.9. The number of nitro benzene ring substituents is 1. The van der Waals surface area contributed by atoms with Crippen LogP contribution in [-0.2, 0) is 0 Å². The first-order valence-electron chi connectivity index (χ1n) is 7.60. The monoisotopic (exact) mass is 353 g/mol. The predicted octanol–water partition coefficient (Wildman–Crippen LogP) is 3.41. The lowest BCUT2D eigenvalue weighted by atomic mass is 10.1. The van der Waals surface area contributed by atoms with Crippen LogP contribution in [0.5, 0.6) is 11.5 Å². The number of hydrogen-bond acceptors (Lipinski definition) is 6. The van der Waals surface area contributed by atoms with E-state index in [1.165, 1.54) is 20.3 Å². The molecule has 0 unspecified atom stereocenters. The van der Waals surface area contributed by atoms with E-state index < -0.39 is 10.8 Å². The quantitative estimate of drug-likeness (QED) is 0.557. The number of fused-ring (bicyclic) bond motifs is 1. The van der Waals surface area contributed by atoms with Gasteiger partial charge in [-0.2, -0.15) is 0 Å². The maximum atomic E-state index is 12.7. The number of carbonyl (C=O) groups excluding carboxylic acids is 1. The van der Waals surface area contributed by atoms with Crippen LogP contribution in [0.4, 0.5) is 11.4 Å². The molecule has 0 fully saturated rings. The summed E-state index contributed by atoms with van der Waals surface area (Å²) < 4.78 is 10.2. The molecule has 0 bridgehead atoms. The lowest BCUT2D eigenvalue weighted by molar-refractivity contribution is -0.385. The third-order valence-electron chi connectivity index (χ3n) is 3.82. The van der Waals surface area contributed by atoms with Gasteiger partial charge in [-0.1, -0.05) is 18.2 Å². The van der Waals surface area contributed by atoms with Gasteiger partial charge in [-0.05, 0) is 12.1 Å². The van der Waals surface area contributed by atoms with E-state index in [2.05, 4.69) is 10.3 Å². The Labute approximate surface area is 148 Å². The smallest absolute Gasteiger partial charge is 0.286 e. The normalized spacial score (nSPS) is 10.4. The van der Waals surface area contributed by atoms with E-state index >= 15 is 0 Å². The first-order valence-corrected chi connectivity index (χ1v) is 7.60. The number of aromatic nitrogens is 1. The lowest BCUT2D eigenvalue weighted by Crippen LogP contribution is -2.15. The highest BCUT2D eigenvalue weighted by Gasteiger charge is 2.25. The molecule has 132 valence electrons. The van der Waals surface area contributed by atoms with Gasteiger partial charge in [-0.25, -0.2) is 0 Å². The Hall–Kier alpha value is -3.68. The van der Waals surface area contributed by atoms with E-state index in [0.717, 1.165) is 11.5 Å². The highest BCUT2D eigenvalue weighted by molar-refractivity contribution is 6.10. The molecule has 26 heavy (non-hydrogen) atoms. The van der Waals surface area contributed by atoms with Gasteiger partial charge >= 0.3 is 0 Å². The van der Waals surface area contributed by atoms with Gasteiger partial charge < -0.3 is 14.8 Å². The van der Waals surface area contributed by atoms with Crippen LogP contribution in [-0.4, -0.2) is 30.0 Å². The topological polar surface area (TPSA) is 104 Å². The summed E-state index contributed by atoms with van der Waals surface area (Å²) in [5.74, 6) is -0.252. The summed E-state index contributed by atoms with van der Waals surface area (Å²) in [6.45, 7) is 0. The Kier molecular flexibility index (Phi) is 4.66. The molecule has 1 N–H and O–H groups in total. The molecule has 0 aliphatic heterocycles. The SMILES string of the molecule is COc1cc(C(=O)Nc2cccc3cccnc23)c([N+](=O)[O-])cc1OC. The molecule has 8 nitrogen and oxygen atoms in total. The van der Waals surface area contributed by atoms with Crippen molar-refractivity contribution in [3.8, 4) is 11.5 Å². The van der Waals surface area contributed by atoms with E-state index in [4.69, 9.17) is 9.47 Å². The standard InChI is InChI=1S/C18H15N3O5/c1-25-15-9-12(14(21(23)24)10-16(15)26-2)18(22)20-13-7-3-5-11-6-4-8-19-17(11)13/h3-10H,1-2H3,(H,20,22). The number of amides is 1. The average Bonchev–Trinajstić information content (AvgIpc) is 2.67. The largest absolute Gasteiger partial charge is 0.493 e. The summed E-state index contributed by atoms with van der Waals surface area (Å²) in [6.07, 6.45) is 1.61. The molecule has 2 aromatic carbocycles. The van der Waals surface area contributed by atoms with Crippen LogP contribution in [0.2, 0.25) is 0 Å². The minimum absolute atomic E-state index is 0.138. The molecule has 8 heteroatoms. The summed E-state index contributed by atoms with van der Waals surface area (Å²) in [6, 6.07) is 11.4. The zero-order valence-corrected chi connectivity index (χ0v) is 14.1. The molecular weight excluding hydrogens is 338 g/mol. The highest BCUT2D eigenvalue weighted by Crippen LogP contribution is 2.35. The number of para-hydroxylation sites is 1. The Bertz CT molecular complexity index is 998. The molecule has 0 aliphatic rings. The molecule has 0 saturated carbocycles. The molecule has 1 heterocycles. The number of nitrogens with zero attached hydrogens (tertiary/aromatic N) is 2. The van der Waals surface area contributed by atoms with E-state index in [-0.39, 0.29) is 22.7 Å². The predicted molar refractivity (Wildman–Crippen MR) is 95.9 cm³/mol. The number of methoxy groups -OCH3 is 2. The van der Waals surface area contributed by atoms with E-state index in [0.29, 0.717) is 11.2 Å². The van der Waals surface area contributed by atoms with Crippen LogP contribution >= 0.6 is 0 Å². The van der Waals surface area contributed by atoms with Gasteiger partial charge in [0.1, 0.15) is 5.56 Å². The zero-order valence-electron chi connectivity index (χ0n) is 14.1. The average molecular weight is 353 g/mol. The number of nitro groups is 1. The van der Waals surface area contributed by atoms with Gasteiger partial charge in [-0.3, -0.25) is 19.9 Å². The van der Waals surface area contributed by atoms with Crippen LogP contribution in [0.25, 0.3) is 10.9 Å². The van der Waals surface area contributed by atoms with Crippen LogP contribution in [0.3, 0.4) is 0 Å². The molecule has 3 rings (SSSR count). The summed E-state index contributed by atoms with van der Waals surface area (Å²) >= 11 is 0. The molecule has 0 atom stereocenters. The third kappa shape index (κ3) is 3.12. The fourth-order valence-corrected chi connectivity index (χ4v) is 2.60. The minimum Gasteiger partial charge on any atom is -0.493 e. The molecular formula is C18H15N3O5. The van der Waals surface area contributed by atoms with E-state index in [1.54, 1.807) is 24.4 Å². The molecule has 1 amide bonds. The Balaban J connectivity index is 2.05. The van der Waals surface area contributed by atoms with Crippen LogP contribution in [0.15, 0.2) is 48.7 Å². The second kappa shape index (κ2) is 7.06. The highest BCUT2D eigenvalue weighted by atomic mass is 16.6. The number of carbonyl (C=O) groups is 1. The van der Waals surface area contributed by atoms with Crippen molar-refractivity contribution in [3.63, 3.8) is 0 Å². The van der Waals surface area contributed by atoms with Crippen molar-refractivity contribution in [2.45, 2.75) is 0 Å². The first kappa shape index (κ1) is 17.2. The van der Waals surface area contributed by atoms with Crippen molar-refractivity contribution in [3.05, 3.63) is 64.3 Å². The number of hydrogen-bond donors (Lipinski definition) is 1. The molecule has 0 spiro atoms. The van der Waals surface area contributed by atoms with E-state index in [1.807, 2.05) is 12.1 Å². The minimum atomic E-state index is -0.643.